The maximum absolute atomic E-state index is 12.5. The van der Waals surface area contributed by atoms with Gasteiger partial charge in [0.2, 0.25) is 5.91 Å². The number of aromatic nitrogens is 4. The summed E-state index contributed by atoms with van der Waals surface area (Å²) in [5, 5.41) is 7.60. The standard InChI is InChI=1S/C22H21N5O2/c1-5-10-29-17-8-6-16(7-9-17)18-12-19(28)25-21-20(18)15(4)26-27(21)22-23-13(2)11-14(3)24-22/h1,6-9,11,18H,10,12H2,2-4H3,(H,25,28). The summed E-state index contributed by atoms with van der Waals surface area (Å²) in [7, 11) is 0. The van der Waals surface area contributed by atoms with Gasteiger partial charge in [-0.1, -0.05) is 18.1 Å². The molecule has 1 amide bonds. The Hall–Kier alpha value is -3.66. The van der Waals surface area contributed by atoms with Crippen molar-refractivity contribution in [2.45, 2.75) is 33.1 Å². The van der Waals surface area contributed by atoms with E-state index in [4.69, 9.17) is 11.2 Å². The van der Waals surface area contributed by atoms with E-state index in [1.54, 1.807) is 4.68 Å². The first-order chi connectivity index (χ1) is 14.0. The van der Waals surface area contributed by atoms with Crippen molar-refractivity contribution in [1.29, 1.82) is 0 Å². The molecule has 1 unspecified atom stereocenters. The molecule has 7 heteroatoms. The molecule has 3 aromatic rings. The molecular formula is C22H21N5O2. The van der Waals surface area contributed by atoms with Crippen LogP contribution in [0.15, 0.2) is 30.3 Å². The van der Waals surface area contributed by atoms with Gasteiger partial charge in [-0.05, 0) is 44.5 Å². The smallest absolute Gasteiger partial charge is 0.252 e. The van der Waals surface area contributed by atoms with Crippen LogP contribution in [0.1, 0.15) is 40.5 Å². The van der Waals surface area contributed by atoms with Crippen molar-refractivity contribution in [2.75, 3.05) is 11.9 Å². The van der Waals surface area contributed by atoms with E-state index in [1.807, 2.05) is 51.1 Å². The minimum Gasteiger partial charge on any atom is -0.481 e. The first-order valence-electron chi connectivity index (χ1n) is 9.34. The lowest BCUT2D eigenvalue weighted by Crippen LogP contribution is -2.25. The Kier molecular flexibility index (Phi) is 4.77. The van der Waals surface area contributed by atoms with Crippen molar-refractivity contribution in [2.24, 2.45) is 0 Å². The zero-order valence-electron chi connectivity index (χ0n) is 16.6. The number of fused-ring (bicyclic) bond motifs is 1. The van der Waals surface area contributed by atoms with Crippen molar-refractivity contribution in [1.82, 2.24) is 19.7 Å². The largest absolute Gasteiger partial charge is 0.481 e. The molecule has 0 spiro atoms. The summed E-state index contributed by atoms with van der Waals surface area (Å²) >= 11 is 0. The van der Waals surface area contributed by atoms with Crippen LogP contribution in [0.2, 0.25) is 0 Å². The zero-order chi connectivity index (χ0) is 20.5. The predicted octanol–water partition coefficient (Wildman–Crippen LogP) is 3.07. The second-order valence-electron chi connectivity index (χ2n) is 7.08. The summed E-state index contributed by atoms with van der Waals surface area (Å²) in [6.07, 6.45) is 5.58. The molecule has 3 heterocycles. The number of hydrogen-bond acceptors (Lipinski definition) is 5. The number of amides is 1. The van der Waals surface area contributed by atoms with Gasteiger partial charge in [0.25, 0.3) is 5.95 Å². The highest BCUT2D eigenvalue weighted by atomic mass is 16.5. The average Bonchev–Trinajstić information content (AvgIpc) is 3.02. The minimum atomic E-state index is -0.111. The summed E-state index contributed by atoms with van der Waals surface area (Å²) in [4.78, 5) is 21.5. The van der Waals surface area contributed by atoms with E-state index in [0.29, 0.717) is 23.9 Å². The van der Waals surface area contributed by atoms with E-state index in [0.717, 1.165) is 28.2 Å². The lowest BCUT2D eigenvalue weighted by Gasteiger charge is -2.24. The van der Waals surface area contributed by atoms with Gasteiger partial charge in [0.1, 0.15) is 18.2 Å². The molecule has 0 radical (unpaired) electrons. The Labute approximate surface area is 169 Å². The molecule has 0 fully saturated rings. The number of carbonyl (C=O) groups is 1. The van der Waals surface area contributed by atoms with Gasteiger partial charge >= 0.3 is 0 Å². The number of carbonyl (C=O) groups excluding carboxylic acids is 1. The van der Waals surface area contributed by atoms with E-state index in [2.05, 4.69) is 26.3 Å². The second kappa shape index (κ2) is 7.40. The number of aryl methyl sites for hydroxylation is 3. The number of ether oxygens (including phenoxy) is 1. The van der Waals surface area contributed by atoms with Crippen molar-refractivity contribution in [3.05, 3.63) is 58.5 Å². The molecule has 1 aliphatic heterocycles. The fourth-order valence-corrected chi connectivity index (χ4v) is 3.70. The molecule has 0 saturated heterocycles. The molecule has 1 atom stereocenters. The van der Waals surface area contributed by atoms with Crippen LogP contribution < -0.4 is 10.1 Å². The molecule has 1 aromatic carbocycles. The molecule has 29 heavy (non-hydrogen) atoms. The second-order valence-corrected chi connectivity index (χ2v) is 7.08. The Morgan fingerprint density at radius 2 is 1.90 bits per heavy atom. The van der Waals surface area contributed by atoms with Crippen LogP contribution in [-0.2, 0) is 4.79 Å². The molecule has 7 nitrogen and oxygen atoms in total. The van der Waals surface area contributed by atoms with Gasteiger partial charge < -0.3 is 10.1 Å². The van der Waals surface area contributed by atoms with E-state index < -0.39 is 0 Å². The third-order valence-electron chi connectivity index (χ3n) is 4.87. The van der Waals surface area contributed by atoms with Crippen LogP contribution in [0.25, 0.3) is 5.95 Å². The lowest BCUT2D eigenvalue weighted by molar-refractivity contribution is -0.116. The predicted molar refractivity (Wildman–Crippen MR) is 109 cm³/mol. The molecular weight excluding hydrogens is 366 g/mol. The Morgan fingerprint density at radius 3 is 2.55 bits per heavy atom. The van der Waals surface area contributed by atoms with E-state index >= 15 is 0 Å². The first kappa shape index (κ1) is 18.7. The summed E-state index contributed by atoms with van der Waals surface area (Å²) < 4.78 is 7.07. The number of hydrogen-bond donors (Lipinski definition) is 1. The highest BCUT2D eigenvalue weighted by Crippen LogP contribution is 2.40. The zero-order valence-corrected chi connectivity index (χ0v) is 16.6. The van der Waals surface area contributed by atoms with E-state index in [9.17, 15) is 4.79 Å². The van der Waals surface area contributed by atoms with Crippen LogP contribution in [0, 0.1) is 33.1 Å². The average molecular weight is 387 g/mol. The minimum absolute atomic E-state index is 0.0688. The maximum Gasteiger partial charge on any atom is 0.252 e. The molecule has 146 valence electrons. The Balaban J connectivity index is 1.77. The Bertz CT molecular complexity index is 1110. The molecule has 0 bridgehead atoms. The number of rotatable bonds is 4. The molecule has 4 rings (SSSR count). The highest BCUT2D eigenvalue weighted by molar-refractivity contribution is 5.95. The molecule has 0 aliphatic carbocycles. The van der Waals surface area contributed by atoms with Crippen molar-refractivity contribution in [3.63, 3.8) is 0 Å². The lowest BCUT2D eigenvalue weighted by atomic mass is 9.86. The SMILES string of the molecule is C#CCOc1ccc(C2CC(=O)Nc3c2c(C)nn3-c2nc(C)cc(C)n2)cc1. The number of terminal acetylenes is 1. The van der Waals surface area contributed by atoms with Crippen molar-refractivity contribution < 1.29 is 9.53 Å². The fraction of sp³-hybridized carbons (Fsp3) is 0.273. The van der Waals surface area contributed by atoms with Gasteiger partial charge in [-0.15, -0.1) is 6.42 Å². The van der Waals surface area contributed by atoms with Gasteiger partial charge in [-0.3, -0.25) is 4.79 Å². The molecule has 2 aromatic heterocycles. The number of nitrogens with one attached hydrogen (secondary N) is 1. The molecule has 1 aliphatic rings. The normalized spacial score (nSPS) is 15.4. The third kappa shape index (κ3) is 3.57. The maximum atomic E-state index is 12.5. The third-order valence-corrected chi connectivity index (χ3v) is 4.87. The summed E-state index contributed by atoms with van der Waals surface area (Å²) in [6, 6.07) is 9.56. The summed E-state index contributed by atoms with van der Waals surface area (Å²) in [5.74, 6) is 4.04. The van der Waals surface area contributed by atoms with Crippen LogP contribution in [0.5, 0.6) is 5.75 Å². The van der Waals surface area contributed by atoms with Crippen LogP contribution >= 0.6 is 0 Å². The number of nitrogens with zero attached hydrogens (tertiary/aromatic N) is 4. The van der Waals surface area contributed by atoms with Gasteiger partial charge in [0.05, 0.1) is 5.69 Å². The monoisotopic (exact) mass is 387 g/mol. The fourth-order valence-electron chi connectivity index (χ4n) is 3.70. The quantitative estimate of drug-likeness (QED) is 0.696. The van der Waals surface area contributed by atoms with Crippen molar-refractivity contribution >= 4 is 11.7 Å². The van der Waals surface area contributed by atoms with Crippen LogP contribution in [0.4, 0.5) is 5.82 Å². The number of anilines is 1. The van der Waals surface area contributed by atoms with Crippen molar-refractivity contribution in [3.8, 4) is 24.0 Å². The van der Waals surface area contributed by atoms with Crippen LogP contribution in [-0.4, -0.2) is 32.3 Å². The topological polar surface area (TPSA) is 81.9 Å². The number of benzene rings is 1. The Morgan fingerprint density at radius 1 is 1.21 bits per heavy atom. The summed E-state index contributed by atoms with van der Waals surface area (Å²) in [5.41, 5.74) is 4.51. The van der Waals surface area contributed by atoms with Gasteiger partial charge in [-0.25, -0.2) is 9.97 Å². The van der Waals surface area contributed by atoms with E-state index in [1.165, 1.54) is 0 Å². The van der Waals surface area contributed by atoms with Gasteiger partial charge in [0, 0.05) is 29.3 Å². The molecule has 0 saturated carbocycles. The van der Waals surface area contributed by atoms with Crippen LogP contribution in [0.3, 0.4) is 0 Å². The molecule has 1 N–H and O–H groups in total. The van der Waals surface area contributed by atoms with Gasteiger partial charge in [-0.2, -0.15) is 9.78 Å². The van der Waals surface area contributed by atoms with E-state index in [-0.39, 0.29) is 18.4 Å². The summed E-state index contributed by atoms with van der Waals surface area (Å²) in [6.45, 7) is 5.97. The highest BCUT2D eigenvalue weighted by Gasteiger charge is 2.33. The first-order valence-corrected chi connectivity index (χ1v) is 9.34. The van der Waals surface area contributed by atoms with Gasteiger partial charge in [0.15, 0.2) is 0 Å².